The molecule has 1 aliphatic heterocycles. The van der Waals surface area contributed by atoms with Crippen molar-refractivity contribution in [2.24, 2.45) is 17.6 Å². The Morgan fingerprint density at radius 1 is 1.33 bits per heavy atom. The molecule has 18 heavy (non-hydrogen) atoms. The highest BCUT2D eigenvalue weighted by molar-refractivity contribution is 9.10. The number of anilines is 1. The van der Waals surface area contributed by atoms with Crippen molar-refractivity contribution in [2.45, 2.75) is 33.2 Å². The van der Waals surface area contributed by atoms with Crippen molar-refractivity contribution >= 4 is 21.6 Å². The maximum absolute atomic E-state index is 6.10. The molecule has 0 spiro atoms. The minimum absolute atomic E-state index is 0.0793. The van der Waals surface area contributed by atoms with Crippen LogP contribution in [0.15, 0.2) is 22.7 Å². The predicted molar refractivity (Wildman–Crippen MR) is 81.9 cm³/mol. The first kappa shape index (κ1) is 13.9. The molecule has 1 aromatic rings. The van der Waals surface area contributed by atoms with Crippen LogP contribution in [0.4, 0.5) is 5.69 Å². The van der Waals surface area contributed by atoms with Gasteiger partial charge < -0.3 is 10.6 Å². The molecular weight excluding hydrogens is 288 g/mol. The van der Waals surface area contributed by atoms with Gasteiger partial charge in [-0.1, -0.05) is 29.8 Å². The molecular formula is C15H23BrN2. The van der Waals surface area contributed by atoms with Crippen molar-refractivity contribution in [3.63, 3.8) is 0 Å². The van der Waals surface area contributed by atoms with Crippen molar-refractivity contribution in [2.75, 3.05) is 18.0 Å². The van der Waals surface area contributed by atoms with Crippen molar-refractivity contribution in [1.29, 1.82) is 0 Å². The lowest BCUT2D eigenvalue weighted by Crippen LogP contribution is -2.23. The maximum Gasteiger partial charge on any atom is 0.0415 e. The number of hydrogen-bond acceptors (Lipinski definition) is 2. The van der Waals surface area contributed by atoms with Crippen molar-refractivity contribution in [1.82, 2.24) is 0 Å². The summed E-state index contributed by atoms with van der Waals surface area (Å²) in [6, 6.07) is 6.55. The second kappa shape index (κ2) is 5.62. The highest BCUT2D eigenvalue weighted by Gasteiger charge is 2.26. The molecule has 0 bridgehead atoms. The van der Waals surface area contributed by atoms with E-state index < -0.39 is 0 Å². The van der Waals surface area contributed by atoms with Gasteiger partial charge in [-0.25, -0.2) is 0 Å². The standard InChI is InChI=1S/C15H23BrN2/c1-10(2)12-6-7-18(9-12)15-5-4-13(16)8-14(15)11(3)17/h4-5,8,10-12H,6-7,9,17H2,1-3H3. The summed E-state index contributed by atoms with van der Waals surface area (Å²) in [6.45, 7) is 9.02. The molecule has 1 heterocycles. The van der Waals surface area contributed by atoms with Crippen LogP contribution in [0.3, 0.4) is 0 Å². The van der Waals surface area contributed by atoms with Crippen LogP contribution in [0.1, 0.15) is 38.8 Å². The fraction of sp³-hybridized carbons (Fsp3) is 0.600. The van der Waals surface area contributed by atoms with E-state index in [0.29, 0.717) is 0 Å². The Bertz CT molecular complexity index is 415. The SMILES string of the molecule is CC(N)c1cc(Br)ccc1N1CCC(C(C)C)C1. The second-order valence-electron chi connectivity index (χ2n) is 5.73. The van der Waals surface area contributed by atoms with Gasteiger partial charge in [0.15, 0.2) is 0 Å². The molecule has 1 aromatic carbocycles. The van der Waals surface area contributed by atoms with E-state index >= 15 is 0 Å². The molecule has 0 radical (unpaired) electrons. The number of nitrogens with two attached hydrogens (primary N) is 1. The Balaban J connectivity index is 2.24. The van der Waals surface area contributed by atoms with Gasteiger partial charge in [-0.15, -0.1) is 0 Å². The summed E-state index contributed by atoms with van der Waals surface area (Å²) < 4.78 is 1.11. The van der Waals surface area contributed by atoms with Crippen LogP contribution in [0.2, 0.25) is 0 Å². The molecule has 2 unspecified atom stereocenters. The highest BCUT2D eigenvalue weighted by atomic mass is 79.9. The van der Waals surface area contributed by atoms with Crippen LogP contribution >= 0.6 is 15.9 Å². The van der Waals surface area contributed by atoms with E-state index in [1.165, 1.54) is 24.2 Å². The average molecular weight is 311 g/mol. The Morgan fingerprint density at radius 3 is 2.61 bits per heavy atom. The van der Waals surface area contributed by atoms with Gasteiger partial charge in [0, 0.05) is 29.3 Å². The Labute approximate surface area is 119 Å². The average Bonchev–Trinajstić information content (AvgIpc) is 2.78. The first-order valence-electron chi connectivity index (χ1n) is 6.79. The Hall–Kier alpha value is -0.540. The topological polar surface area (TPSA) is 29.3 Å². The van der Waals surface area contributed by atoms with E-state index in [9.17, 15) is 0 Å². The molecule has 1 fully saturated rings. The van der Waals surface area contributed by atoms with Gasteiger partial charge in [-0.05, 0) is 48.9 Å². The third kappa shape index (κ3) is 2.89. The van der Waals surface area contributed by atoms with Gasteiger partial charge in [0.25, 0.3) is 0 Å². The van der Waals surface area contributed by atoms with E-state index in [-0.39, 0.29) is 6.04 Å². The zero-order valence-corrected chi connectivity index (χ0v) is 13.1. The molecule has 0 aliphatic carbocycles. The summed E-state index contributed by atoms with van der Waals surface area (Å²) in [5.41, 5.74) is 8.66. The molecule has 3 heteroatoms. The molecule has 2 nitrogen and oxygen atoms in total. The molecule has 0 saturated carbocycles. The third-order valence-corrected chi connectivity index (χ3v) is 4.48. The van der Waals surface area contributed by atoms with E-state index in [1.807, 2.05) is 0 Å². The smallest absolute Gasteiger partial charge is 0.0415 e. The number of hydrogen-bond donors (Lipinski definition) is 1. The Kier molecular flexibility index (Phi) is 4.33. The van der Waals surface area contributed by atoms with Gasteiger partial charge in [-0.3, -0.25) is 0 Å². The fourth-order valence-corrected chi connectivity index (χ4v) is 3.11. The summed E-state index contributed by atoms with van der Waals surface area (Å²) in [6.07, 6.45) is 1.30. The highest BCUT2D eigenvalue weighted by Crippen LogP contribution is 2.33. The largest absolute Gasteiger partial charge is 0.371 e. The van der Waals surface area contributed by atoms with Gasteiger partial charge in [0.2, 0.25) is 0 Å². The van der Waals surface area contributed by atoms with Crippen LogP contribution in [0.25, 0.3) is 0 Å². The van der Waals surface area contributed by atoms with Crippen LogP contribution in [0, 0.1) is 11.8 Å². The number of nitrogens with zero attached hydrogens (tertiary/aromatic N) is 1. The van der Waals surface area contributed by atoms with Gasteiger partial charge in [0.1, 0.15) is 0 Å². The summed E-state index contributed by atoms with van der Waals surface area (Å²) >= 11 is 3.53. The summed E-state index contributed by atoms with van der Waals surface area (Å²) in [5.74, 6) is 1.58. The predicted octanol–water partition coefficient (Wildman–Crippen LogP) is 3.95. The van der Waals surface area contributed by atoms with Gasteiger partial charge in [0.05, 0.1) is 0 Å². The molecule has 1 aliphatic rings. The van der Waals surface area contributed by atoms with E-state index in [4.69, 9.17) is 5.73 Å². The van der Waals surface area contributed by atoms with Crippen molar-refractivity contribution in [3.8, 4) is 0 Å². The van der Waals surface area contributed by atoms with Gasteiger partial charge >= 0.3 is 0 Å². The lowest BCUT2D eigenvalue weighted by atomic mass is 9.95. The monoisotopic (exact) mass is 310 g/mol. The first-order valence-corrected chi connectivity index (χ1v) is 7.58. The summed E-state index contributed by atoms with van der Waals surface area (Å²) in [4.78, 5) is 2.50. The minimum atomic E-state index is 0.0793. The quantitative estimate of drug-likeness (QED) is 0.916. The molecule has 100 valence electrons. The van der Waals surface area contributed by atoms with Crippen LogP contribution in [-0.2, 0) is 0 Å². The maximum atomic E-state index is 6.10. The van der Waals surface area contributed by atoms with E-state index in [0.717, 1.165) is 22.9 Å². The first-order chi connectivity index (χ1) is 8.49. The van der Waals surface area contributed by atoms with Crippen molar-refractivity contribution in [3.05, 3.63) is 28.2 Å². The minimum Gasteiger partial charge on any atom is -0.371 e. The van der Waals surface area contributed by atoms with Crippen LogP contribution in [-0.4, -0.2) is 13.1 Å². The zero-order valence-electron chi connectivity index (χ0n) is 11.5. The van der Waals surface area contributed by atoms with Crippen molar-refractivity contribution < 1.29 is 0 Å². The molecule has 2 rings (SSSR count). The lowest BCUT2D eigenvalue weighted by Gasteiger charge is -2.24. The summed E-state index contributed by atoms with van der Waals surface area (Å²) in [7, 11) is 0. The zero-order chi connectivity index (χ0) is 13.3. The third-order valence-electron chi connectivity index (χ3n) is 3.99. The fourth-order valence-electron chi connectivity index (χ4n) is 2.73. The second-order valence-corrected chi connectivity index (χ2v) is 6.65. The molecule has 2 atom stereocenters. The number of rotatable bonds is 3. The normalized spacial score (nSPS) is 21.7. The molecule has 2 N–H and O–H groups in total. The molecule has 1 saturated heterocycles. The molecule has 0 amide bonds. The summed E-state index contributed by atoms with van der Waals surface area (Å²) in [5, 5.41) is 0. The van der Waals surface area contributed by atoms with E-state index in [2.05, 4.69) is 59.8 Å². The Morgan fingerprint density at radius 2 is 2.06 bits per heavy atom. The van der Waals surface area contributed by atoms with Crippen LogP contribution in [0.5, 0.6) is 0 Å². The lowest BCUT2D eigenvalue weighted by molar-refractivity contribution is 0.422. The number of benzene rings is 1. The van der Waals surface area contributed by atoms with Crippen LogP contribution < -0.4 is 10.6 Å². The van der Waals surface area contributed by atoms with E-state index in [1.54, 1.807) is 0 Å². The van der Waals surface area contributed by atoms with Gasteiger partial charge in [-0.2, -0.15) is 0 Å². The number of halogens is 1. The molecule has 0 aromatic heterocycles.